The second-order valence-electron chi connectivity index (χ2n) is 7.36. The summed E-state index contributed by atoms with van der Waals surface area (Å²) in [6.07, 6.45) is 7.42. The van der Waals surface area contributed by atoms with Crippen LogP contribution >= 0.6 is 0 Å². The number of carboxylic acid groups (broad SMARTS) is 1. The lowest BCUT2D eigenvalue weighted by atomic mass is 9.78. The van der Waals surface area contributed by atoms with Gasteiger partial charge in [0.2, 0.25) is 5.91 Å². The van der Waals surface area contributed by atoms with Gasteiger partial charge in [0.15, 0.2) is 0 Å². The summed E-state index contributed by atoms with van der Waals surface area (Å²) in [5, 5.41) is 12.5. The van der Waals surface area contributed by atoms with Crippen molar-refractivity contribution in [3.05, 3.63) is 0 Å². The fourth-order valence-corrected chi connectivity index (χ4v) is 5.53. The number of hydrogen-bond donors (Lipinski definition) is 2. The molecule has 4 fully saturated rings. The molecule has 20 heavy (non-hydrogen) atoms. The van der Waals surface area contributed by atoms with Crippen molar-refractivity contribution >= 4 is 11.9 Å². The molecule has 0 aromatic carbocycles. The van der Waals surface area contributed by atoms with Crippen molar-refractivity contribution in [3.63, 3.8) is 0 Å². The third-order valence-corrected chi connectivity index (χ3v) is 6.46. The Hall–Kier alpha value is -1.06. The van der Waals surface area contributed by atoms with E-state index in [1.165, 1.54) is 19.3 Å². The zero-order valence-corrected chi connectivity index (χ0v) is 11.8. The number of aliphatic carboxylic acids is 1. The molecule has 0 heterocycles. The summed E-state index contributed by atoms with van der Waals surface area (Å²) >= 11 is 0. The lowest BCUT2D eigenvalue weighted by molar-refractivity contribution is -0.149. The minimum Gasteiger partial charge on any atom is -0.481 e. The van der Waals surface area contributed by atoms with Gasteiger partial charge in [-0.15, -0.1) is 0 Å². The van der Waals surface area contributed by atoms with Gasteiger partial charge < -0.3 is 10.4 Å². The third kappa shape index (κ3) is 1.80. The van der Waals surface area contributed by atoms with Crippen LogP contribution in [0.2, 0.25) is 0 Å². The van der Waals surface area contributed by atoms with Crippen LogP contribution < -0.4 is 5.32 Å². The average Bonchev–Trinajstić information content (AvgIpc) is 2.84. The molecule has 0 aromatic rings. The van der Waals surface area contributed by atoms with Gasteiger partial charge >= 0.3 is 5.97 Å². The van der Waals surface area contributed by atoms with Gasteiger partial charge in [0.1, 0.15) is 0 Å². The maximum Gasteiger partial charge on any atom is 0.307 e. The zero-order chi connectivity index (χ0) is 13.9. The van der Waals surface area contributed by atoms with E-state index >= 15 is 0 Å². The summed E-state index contributed by atoms with van der Waals surface area (Å²) in [4.78, 5) is 23.8. The van der Waals surface area contributed by atoms with Gasteiger partial charge in [-0.05, 0) is 55.8 Å². The molecule has 0 aromatic heterocycles. The van der Waals surface area contributed by atoms with E-state index in [0.717, 1.165) is 42.9 Å². The van der Waals surface area contributed by atoms with E-state index in [9.17, 15) is 14.7 Å². The highest BCUT2D eigenvalue weighted by Crippen LogP contribution is 2.65. The van der Waals surface area contributed by atoms with Crippen molar-refractivity contribution in [3.8, 4) is 0 Å². The minimum absolute atomic E-state index is 0.0240. The van der Waals surface area contributed by atoms with Crippen LogP contribution in [0.15, 0.2) is 0 Å². The first-order valence-electron chi connectivity index (χ1n) is 8.20. The molecule has 2 bridgehead atoms. The van der Waals surface area contributed by atoms with E-state index in [-0.39, 0.29) is 11.8 Å². The number of carbonyl (C=O) groups excluding carboxylic acids is 1. The Morgan fingerprint density at radius 2 is 1.50 bits per heavy atom. The standard InChI is InChI=1S/C16H23NO3/c18-15(10-3-1-2-4-11(10)16(19)20)17-14-12-8-5-6-9(7-8)13(12)14/h8-14H,1-7H2,(H,17,18)(H,19,20). The highest BCUT2D eigenvalue weighted by Gasteiger charge is 2.65. The van der Waals surface area contributed by atoms with Crippen molar-refractivity contribution in [2.45, 2.75) is 51.0 Å². The van der Waals surface area contributed by atoms with Crippen molar-refractivity contribution in [2.75, 3.05) is 0 Å². The molecule has 4 heteroatoms. The highest BCUT2D eigenvalue weighted by molar-refractivity contribution is 5.85. The molecule has 4 rings (SSSR count). The van der Waals surface area contributed by atoms with Crippen LogP contribution in [-0.4, -0.2) is 23.0 Å². The fourth-order valence-electron chi connectivity index (χ4n) is 5.53. The number of nitrogens with one attached hydrogen (secondary N) is 1. The monoisotopic (exact) mass is 277 g/mol. The van der Waals surface area contributed by atoms with E-state index in [0.29, 0.717) is 12.5 Å². The first-order valence-corrected chi connectivity index (χ1v) is 8.20. The Morgan fingerprint density at radius 3 is 2.10 bits per heavy atom. The smallest absolute Gasteiger partial charge is 0.307 e. The van der Waals surface area contributed by atoms with Crippen LogP contribution in [0.1, 0.15) is 44.9 Å². The van der Waals surface area contributed by atoms with Crippen LogP contribution in [0.5, 0.6) is 0 Å². The van der Waals surface area contributed by atoms with Gasteiger partial charge in [-0.2, -0.15) is 0 Å². The van der Waals surface area contributed by atoms with Crippen molar-refractivity contribution in [1.29, 1.82) is 0 Å². The molecule has 6 unspecified atom stereocenters. The predicted octanol–water partition coefficient (Wildman–Crippen LogP) is 2.04. The van der Waals surface area contributed by atoms with Gasteiger partial charge in [0.05, 0.1) is 11.8 Å². The topological polar surface area (TPSA) is 66.4 Å². The molecule has 2 N–H and O–H groups in total. The Morgan fingerprint density at radius 1 is 0.900 bits per heavy atom. The average molecular weight is 277 g/mol. The summed E-state index contributed by atoms with van der Waals surface area (Å²) in [5.41, 5.74) is 0. The maximum atomic E-state index is 12.5. The molecule has 110 valence electrons. The maximum absolute atomic E-state index is 12.5. The van der Waals surface area contributed by atoms with Crippen LogP contribution in [0.4, 0.5) is 0 Å². The Kier molecular flexibility index (Phi) is 2.83. The van der Waals surface area contributed by atoms with Crippen molar-refractivity contribution < 1.29 is 14.7 Å². The lowest BCUT2D eigenvalue weighted by Crippen LogP contribution is -2.41. The van der Waals surface area contributed by atoms with Gasteiger partial charge in [0, 0.05) is 6.04 Å². The molecule has 4 aliphatic carbocycles. The largest absolute Gasteiger partial charge is 0.481 e. The molecular weight excluding hydrogens is 254 g/mol. The van der Waals surface area contributed by atoms with E-state index in [4.69, 9.17) is 0 Å². The first kappa shape index (κ1) is 12.7. The molecule has 4 saturated carbocycles. The summed E-state index contributed by atoms with van der Waals surface area (Å²) in [6.45, 7) is 0. The van der Waals surface area contributed by atoms with Crippen molar-refractivity contribution in [1.82, 2.24) is 5.32 Å². The van der Waals surface area contributed by atoms with E-state index in [1.807, 2.05) is 0 Å². The molecule has 0 radical (unpaired) electrons. The number of rotatable bonds is 3. The van der Waals surface area contributed by atoms with Gasteiger partial charge in [-0.1, -0.05) is 12.8 Å². The number of fused-ring (bicyclic) bond motifs is 5. The number of amides is 1. The first-order chi connectivity index (χ1) is 9.66. The van der Waals surface area contributed by atoms with Gasteiger partial charge in [-0.3, -0.25) is 9.59 Å². The lowest BCUT2D eigenvalue weighted by Gasteiger charge is -2.28. The molecule has 0 saturated heterocycles. The summed E-state index contributed by atoms with van der Waals surface area (Å²) in [7, 11) is 0. The normalized spacial score (nSPS) is 48.7. The van der Waals surface area contributed by atoms with Crippen molar-refractivity contribution in [2.24, 2.45) is 35.5 Å². The van der Waals surface area contributed by atoms with E-state index < -0.39 is 11.9 Å². The van der Waals surface area contributed by atoms with Crippen LogP contribution in [0.3, 0.4) is 0 Å². The summed E-state index contributed by atoms with van der Waals surface area (Å²) < 4.78 is 0. The Bertz CT molecular complexity index is 433. The second kappa shape index (κ2) is 4.47. The zero-order valence-electron chi connectivity index (χ0n) is 11.8. The van der Waals surface area contributed by atoms with Crippen LogP contribution in [0.25, 0.3) is 0 Å². The van der Waals surface area contributed by atoms with Gasteiger partial charge in [0.25, 0.3) is 0 Å². The third-order valence-electron chi connectivity index (χ3n) is 6.46. The van der Waals surface area contributed by atoms with E-state index in [1.54, 1.807) is 0 Å². The fraction of sp³-hybridized carbons (Fsp3) is 0.875. The Balaban J connectivity index is 1.40. The number of carbonyl (C=O) groups is 2. The molecule has 0 spiro atoms. The molecule has 1 amide bonds. The second-order valence-corrected chi connectivity index (χ2v) is 7.36. The highest BCUT2D eigenvalue weighted by atomic mass is 16.4. The SMILES string of the molecule is O=C(O)C1CCCCC1C(=O)NC1C2C3CCC(C3)C12. The predicted molar refractivity (Wildman–Crippen MR) is 72.8 cm³/mol. The van der Waals surface area contributed by atoms with E-state index in [2.05, 4.69) is 5.32 Å². The number of hydrogen-bond acceptors (Lipinski definition) is 2. The quantitative estimate of drug-likeness (QED) is 0.829. The Labute approximate surface area is 119 Å². The van der Waals surface area contributed by atoms with Crippen LogP contribution in [0, 0.1) is 35.5 Å². The summed E-state index contributed by atoms with van der Waals surface area (Å²) in [5.74, 6) is 1.62. The summed E-state index contributed by atoms with van der Waals surface area (Å²) in [6, 6.07) is 0.380. The molecule has 0 aliphatic heterocycles. The van der Waals surface area contributed by atoms with Crippen LogP contribution in [-0.2, 0) is 9.59 Å². The number of carboxylic acids is 1. The molecule has 4 aliphatic rings. The minimum atomic E-state index is -0.791. The van der Waals surface area contributed by atoms with Gasteiger partial charge in [-0.25, -0.2) is 0 Å². The molecule has 6 atom stereocenters. The molecule has 4 nitrogen and oxygen atoms in total. The molecular formula is C16H23NO3.